The largest absolute Gasteiger partial charge is 0.494 e. The number of pyridine rings is 1. The third-order valence-electron chi connectivity index (χ3n) is 4.25. The molecule has 0 aliphatic heterocycles. The summed E-state index contributed by atoms with van der Waals surface area (Å²) < 4.78 is 29.9. The van der Waals surface area contributed by atoms with Gasteiger partial charge < -0.3 is 9.47 Å². The van der Waals surface area contributed by atoms with Crippen molar-refractivity contribution in [1.29, 1.82) is 0 Å². The van der Waals surface area contributed by atoms with Crippen LogP contribution in [-0.4, -0.2) is 43.0 Å². The van der Waals surface area contributed by atoms with Crippen molar-refractivity contribution in [2.75, 3.05) is 18.9 Å². The molecular formula is C18H18N6O3S. The molecular weight excluding hydrogens is 380 g/mol. The Morgan fingerprint density at radius 2 is 1.89 bits per heavy atom. The number of anilines is 1. The van der Waals surface area contributed by atoms with Crippen LogP contribution in [0.25, 0.3) is 16.7 Å². The highest BCUT2D eigenvalue weighted by atomic mass is 32.2. The molecule has 1 atom stereocenters. The maximum atomic E-state index is 12.9. The van der Waals surface area contributed by atoms with Gasteiger partial charge in [-0.05, 0) is 24.3 Å². The number of hydrogen-bond donors (Lipinski definition) is 1. The number of fused-ring (bicyclic) bond motifs is 1. The first-order chi connectivity index (χ1) is 13.6. The molecule has 3 aromatic heterocycles. The molecule has 0 bridgehead atoms. The lowest BCUT2D eigenvalue weighted by molar-refractivity contribution is 0.382. The van der Waals surface area contributed by atoms with E-state index in [2.05, 4.69) is 19.9 Å². The van der Waals surface area contributed by atoms with Crippen LogP contribution in [0.4, 0.5) is 5.69 Å². The Balaban J connectivity index is 1.64. The van der Waals surface area contributed by atoms with E-state index in [0.717, 1.165) is 10.9 Å². The van der Waals surface area contributed by atoms with Gasteiger partial charge in [0.2, 0.25) is 5.88 Å². The van der Waals surface area contributed by atoms with Gasteiger partial charge in [0.05, 0.1) is 37.0 Å². The van der Waals surface area contributed by atoms with Gasteiger partial charge in [-0.2, -0.15) is 14.9 Å². The minimum absolute atomic E-state index is 0.510. The summed E-state index contributed by atoms with van der Waals surface area (Å²) in [6, 6.07) is 8.91. The topological polar surface area (TPSA) is 96.1 Å². The Labute approximate surface area is 163 Å². The van der Waals surface area contributed by atoms with Crippen molar-refractivity contribution in [1.82, 2.24) is 24.5 Å². The fourth-order valence-electron chi connectivity index (χ4n) is 2.89. The summed E-state index contributed by atoms with van der Waals surface area (Å²) in [5.41, 5.74) is 1.41. The molecule has 144 valence electrons. The standard InChI is InChI=1S/C18H18N6O3S/c1-23-18-12(10-21-23)4-6-14(26-2)17(18)22-28(25)13-5-7-15(19-11-13)24-16(27-3)8-9-20-24/h4-11,22H,1-3H3. The van der Waals surface area contributed by atoms with Gasteiger partial charge in [0, 0.05) is 24.7 Å². The molecule has 4 aromatic rings. The van der Waals surface area contributed by atoms with Gasteiger partial charge in [0.1, 0.15) is 11.4 Å². The zero-order valence-corrected chi connectivity index (χ0v) is 16.3. The minimum atomic E-state index is -1.55. The van der Waals surface area contributed by atoms with Crippen LogP contribution in [0.15, 0.2) is 53.8 Å². The number of aromatic nitrogens is 5. The maximum absolute atomic E-state index is 12.9. The lowest BCUT2D eigenvalue weighted by Gasteiger charge is -2.13. The first-order valence-corrected chi connectivity index (χ1v) is 9.49. The Morgan fingerprint density at radius 1 is 1.04 bits per heavy atom. The normalized spacial score (nSPS) is 12.1. The first-order valence-electron chi connectivity index (χ1n) is 8.34. The summed E-state index contributed by atoms with van der Waals surface area (Å²) >= 11 is 0. The van der Waals surface area contributed by atoms with Gasteiger partial charge in [0.15, 0.2) is 16.8 Å². The molecule has 28 heavy (non-hydrogen) atoms. The molecule has 3 heterocycles. The highest BCUT2D eigenvalue weighted by Crippen LogP contribution is 2.33. The summed E-state index contributed by atoms with van der Waals surface area (Å²) in [6.45, 7) is 0. The van der Waals surface area contributed by atoms with Gasteiger partial charge in [-0.15, -0.1) is 0 Å². The van der Waals surface area contributed by atoms with Crippen LogP contribution in [-0.2, 0) is 18.0 Å². The number of nitrogens with one attached hydrogen (secondary N) is 1. The molecule has 1 unspecified atom stereocenters. The van der Waals surface area contributed by atoms with E-state index < -0.39 is 11.0 Å². The Hall–Kier alpha value is -3.40. The average molecular weight is 398 g/mol. The molecule has 0 fully saturated rings. The highest BCUT2D eigenvalue weighted by Gasteiger charge is 2.16. The second kappa shape index (κ2) is 7.31. The number of aryl methyl sites for hydroxylation is 1. The second-order valence-corrected chi connectivity index (χ2v) is 7.07. The van der Waals surface area contributed by atoms with E-state index in [0.29, 0.717) is 28.0 Å². The Kier molecular flexibility index (Phi) is 4.70. The first kappa shape index (κ1) is 18.0. The molecule has 9 nitrogen and oxygen atoms in total. The van der Waals surface area contributed by atoms with Crippen molar-refractivity contribution in [2.24, 2.45) is 7.05 Å². The van der Waals surface area contributed by atoms with E-state index in [-0.39, 0.29) is 0 Å². The van der Waals surface area contributed by atoms with Crippen molar-refractivity contribution in [3.05, 3.63) is 48.9 Å². The predicted molar refractivity (Wildman–Crippen MR) is 105 cm³/mol. The van der Waals surface area contributed by atoms with Gasteiger partial charge in [-0.25, -0.2) is 9.19 Å². The molecule has 1 aromatic carbocycles. The summed E-state index contributed by atoms with van der Waals surface area (Å²) in [4.78, 5) is 4.85. The fraction of sp³-hybridized carbons (Fsp3) is 0.167. The van der Waals surface area contributed by atoms with Crippen LogP contribution in [0.1, 0.15) is 0 Å². The van der Waals surface area contributed by atoms with Crippen LogP contribution in [0.5, 0.6) is 11.6 Å². The van der Waals surface area contributed by atoms with E-state index in [1.165, 1.54) is 6.20 Å². The summed E-state index contributed by atoms with van der Waals surface area (Å²) in [6.07, 6.45) is 4.90. The number of rotatable bonds is 6. The smallest absolute Gasteiger partial charge is 0.217 e. The fourth-order valence-corrected chi connectivity index (χ4v) is 3.73. The molecule has 0 aliphatic carbocycles. The SMILES string of the molecule is COc1ccc2cnn(C)c2c1NS(=O)c1ccc(-n2nccc2OC)nc1. The lowest BCUT2D eigenvalue weighted by atomic mass is 10.2. The molecule has 0 saturated carbocycles. The second-order valence-electron chi connectivity index (χ2n) is 5.86. The van der Waals surface area contributed by atoms with Gasteiger partial charge in [0.25, 0.3) is 0 Å². The van der Waals surface area contributed by atoms with Crippen LogP contribution in [0.3, 0.4) is 0 Å². The maximum Gasteiger partial charge on any atom is 0.217 e. The van der Waals surface area contributed by atoms with Crippen LogP contribution in [0.2, 0.25) is 0 Å². The summed E-state index contributed by atoms with van der Waals surface area (Å²) in [5, 5.41) is 9.35. The Bertz CT molecular complexity index is 1150. The average Bonchev–Trinajstić information content (AvgIpc) is 3.35. The number of methoxy groups -OCH3 is 2. The molecule has 0 saturated heterocycles. The van der Waals surface area contributed by atoms with Crippen LogP contribution < -0.4 is 14.2 Å². The van der Waals surface area contributed by atoms with E-state index in [9.17, 15) is 4.21 Å². The van der Waals surface area contributed by atoms with Crippen molar-refractivity contribution >= 4 is 27.6 Å². The molecule has 0 radical (unpaired) electrons. The molecule has 4 rings (SSSR count). The number of nitrogens with zero attached hydrogens (tertiary/aromatic N) is 5. The zero-order chi connectivity index (χ0) is 19.7. The van der Waals surface area contributed by atoms with Gasteiger partial charge in [-0.1, -0.05) is 0 Å². The quantitative estimate of drug-likeness (QED) is 0.535. The number of benzene rings is 1. The van der Waals surface area contributed by atoms with Crippen LogP contribution in [0, 0.1) is 0 Å². The van der Waals surface area contributed by atoms with Gasteiger partial charge in [-0.3, -0.25) is 9.40 Å². The van der Waals surface area contributed by atoms with E-state index in [1.54, 1.807) is 54.2 Å². The number of hydrogen-bond acceptors (Lipinski definition) is 6. The zero-order valence-electron chi connectivity index (χ0n) is 15.5. The molecule has 0 aliphatic rings. The van der Waals surface area contributed by atoms with Crippen molar-refractivity contribution in [3.8, 4) is 17.4 Å². The van der Waals surface area contributed by atoms with Crippen molar-refractivity contribution in [2.45, 2.75) is 4.90 Å². The highest BCUT2D eigenvalue weighted by molar-refractivity contribution is 7.86. The molecule has 1 N–H and O–H groups in total. The lowest BCUT2D eigenvalue weighted by Crippen LogP contribution is -2.09. The van der Waals surface area contributed by atoms with E-state index >= 15 is 0 Å². The van der Waals surface area contributed by atoms with Crippen molar-refractivity contribution < 1.29 is 13.7 Å². The molecule has 0 amide bonds. The van der Waals surface area contributed by atoms with Crippen LogP contribution >= 0.6 is 0 Å². The molecule has 0 spiro atoms. The predicted octanol–water partition coefficient (Wildman–Crippen LogP) is 2.31. The summed E-state index contributed by atoms with van der Waals surface area (Å²) in [5.74, 6) is 1.70. The third kappa shape index (κ3) is 3.07. The molecule has 10 heteroatoms. The Morgan fingerprint density at radius 3 is 2.61 bits per heavy atom. The summed E-state index contributed by atoms with van der Waals surface area (Å²) in [7, 11) is 3.40. The van der Waals surface area contributed by atoms with E-state index in [1.807, 2.05) is 19.2 Å². The van der Waals surface area contributed by atoms with Crippen molar-refractivity contribution in [3.63, 3.8) is 0 Å². The monoisotopic (exact) mass is 398 g/mol. The third-order valence-corrected chi connectivity index (χ3v) is 5.31. The minimum Gasteiger partial charge on any atom is -0.494 e. The van der Waals surface area contributed by atoms with Gasteiger partial charge >= 0.3 is 0 Å². The number of ether oxygens (including phenoxy) is 2. The van der Waals surface area contributed by atoms with E-state index in [4.69, 9.17) is 9.47 Å².